The van der Waals surface area contributed by atoms with E-state index < -0.39 is 0 Å². The van der Waals surface area contributed by atoms with Crippen LogP contribution in [0.25, 0.3) is 21.1 Å². The fourth-order valence-electron chi connectivity index (χ4n) is 5.34. The topological polar surface area (TPSA) is 96.0 Å². The second kappa shape index (κ2) is 9.11. The quantitative estimate of drug-likeness (QED) is 0.398. The molecule has 0 spiro atoms. The number of anilines is 2. The van der Waals surface area contributed by atoms with Crippen LogP contribution in [0.4, 0.5) is 11.5 Å². The third-order valence-electron chi connectivity index (χ3n) is 7.02. The second-order valence-corrected chi connectivity index (χ2v) is 10.9. The van der Waals surface area contributed by atoms with Gasteiger partial charge in [-0.05, 0) is 64.0 Å². The molecule has 182 valence electrons. The smallest absolute Gasteiger partial charge is 0.226 e. The van der Waals surface area contributed by atoms with E-state index in [1.54, 1.807) is 23.9 Å². The van der Waals surface area contributed by atoms with Gasteiger partial charge in [-0.2, -0.15) is 5.10 Å². The van der Waals surface area contributed by atoms with Crippen LogP contribution in [-0.4, -0.2) is 50.2 Å². The number of H-pyrrole nitrogens is 1. The molecule has 2 aliphatic rings. The van der Waals surface area contributed by atoms with Crippen LogP contribution in [0.1, 0.15) is 50.0 Å². The van der Waals surface area contributed by atoms with Gasteiger partial charge < -0.3 is 15.0 Å². The lowest BCUT2D eigenvalue weighted by molar-refractivity contribution is -0.136. The maximum atomic E-state index is 13.2. The summed E-state index contributed by atoms with van der Waals surface area (Å²) in [6, 6.07) is 4.01. The molecular formula is C26H30N6O2S. The Morgan fingerprint density at radius 3 is 2.91 bits per heavy atom. The number of nitrogens with zero attached hydrogens (tertiary/aromatic N) is 4. The lowest BCUT2D eigenvalue weighted by Gasteiger charge is -2.32. The number of benzene rings is 1. The third-order valence-corrected chi connectivity index (χ3v) is 8.18. The Kier molecular flexibility index (Phi) is 5.80. The van der Waals surface area contributed by atoms with Gasteiger partial charge >= 0.3 is 0 Å². The van der Waals surface area contributed by atoms with Crippen molar-refractivity contribution in [2.45, 2.75) is 58.5 Å². The normalized spacial score (nSPS) is 18.3. The Balaban J connectivity index is 1.33. The second-order valence-electron chi connectivity index (χ2n) is 9.83. The van der Waals surface area contributed by atoms with Crippen molar-refractivity contribution < 1.29 is 9.53 Å². The van der Waals surface area contributed by atoms with Gasteiger partial charge in [-0.3, -0.25) is 9.89 Å². The number of hydrogen-bond donors (Lipinski definition) is 2. The molecule has 0 unspecified atom stereocenters. The molecule has 1 aromatic carbocycles. The molecule has 6 rings (SSSR count). The van der Waals surface area contributed by atoms with Crippen molar-refractivity contribution in [1.82, 2.24) is 25.1 Å². The first-order chi connectivity index (χ1) is 17.1. The molecule has 1 saturated heterocycles. The number of hydrogen-bond acceptors (Lipinski definition) is 7. The number of amides is 1. The number of likely N-dealkylation sites (tertiary alicyclic amines) is 1. The van der Waals surface area contributed by atoms with Crippen molar-refractivity contribution in [2.24, 2.45) is 5.92 Å². The van der Waals surface area contributed by atoms with Crippen LogP contribution < -0.4 is 10.1 Å². The van der Waals surface area contributed by atoms with Crippen LogP contribution in [-0.2, 0) is 17.6 Å². The highest BCUT2D eigenvalue weighted by molar-refractivity contribution is 7.19. The molecule has 0 saturated carbocycles. The largest absolute Gasteiger partial charge is 0.489 e. The summed E-state index contributed by atoms with van der Waals surface area (Å²) >= 11 is 1.70. The van der Waals surface area contributed by atoms with Crippen LogP contribution >= 0.6 is 11.3 Å². The van der Waals surface area contributed by atoms with E-state index in [0.717, 1.165) is 83.6 Å². The Hall–Kier alpha value is -3.20. The van der Waals surface area contributed by atoms with E-state index in [2.05, 4.69) is 30.4 Å². The minimum absolute atomic E-state index is 0.0321. The zero-order chi connectivity index (χ0) is 23.9. The Morgan fingerprint density at radius 2 is 2.09 bits per heavy atom. The summed E-state index contributed by atoms with van der Waals surface area (Å²) in [6.07, 6.45) is 9.50. The molecule has 1 atom stereocenters. The highest BCUT2D eigenvalue weighted by Crippen LogP contribution is 2.42. The maximum absolute atomic E-state index is 13.2. The number of aromatic amines is 1. The van der Waals surface area contributed by atoms with E-state index in [4.69, 9.17) is 4.74 Å². The third kappa shape index (κ3) is 4.22. The number of carbonyl (C=O) groups excluding carboxylic acids is 1. The van der Waals surface area contributed by atoms with Crippen LogP contribution in [0.15, 0.2) is 24.7 Å². The molecule has 9 heteroatoms. The zero-order valence-corrected chi connectivity index (χ0v) is 21.0. The van der Waals surface area contributed by atoms with Gasteiger partial charge in [-0.15, -0.1) is 11.3 Å². The molecule has 0 bridgehead atoms. The summed E-state index contributed by atoms with van der Waals surface area (Å²) in [4.78, 5) is 26.7. The SMILES string of the molecule is CC(C)Oc1cc2[nH]ncc2cc1Nc1ncnc2sc3c(c12)CC[C@H](C(=O)N1CCCCC1)C3. The number of aryl methyl sites for hydroxylation is 1. The van der Waals surface area contributed by atoms with Crippen LogP contribution in [0.2, 0.25) is 0 Å². The minimum Gasteiger partial charge on any atom is -0.489 e. The molecule has 1 aliphatic heterocycles. The van der Waals surface area contributed by atoms with Crippen LogP contribution in [0, 0.1) is 5.92 Å². The fraction of sp³-hybridized carbons (Fsp3) is 0.462. The monoisotopic (exact) mass is 490 g/mol. The summed E-state index contributed by atoms with van der Waals surface area (Å²) in [5.41, 5.74) is 3.06. The summed E-state index contributed by atoms with van der Waals surface area (Å²) in [5, 5.41) is 12.8. The molecule has 1 aliphatic carbocycles. The van der Waals surface area contributed by atoms with Crippen LogP contribution in [0.5, 0.6) is 5.75 Å². The molecule has 1 fully saturated rings. The van der Waals surface area contributed by atoms with Crippen LogP contribution in [0.3, 0.4) is 0 Å². The van der Waals surface area contributed by atoms with Gasteiger partial charge in [0.2, 0.25) is 5.91 Å². The molecule has 1 amide bonds. The van der Waals surface area contributed by atoms with Gasteiger partial charge in [0, 0.05) is 35.3 Å². The molecule has 0 radical (unpaired) electrons. The first kappa shape index (κ1) is 22.3. The summed E-state index contributed by atoms with van der Waals surface area (Å²) in [5.74, 6) is 1.94. The minimum atomic E-state index is 0.0321. The average Bonchev–Trinajstić information content (AvgIpc) is 3.47. The van der Waals surface area contributed by atoms with Crippen molar-refractivity contribution in [1.29, 1.82) is 0 Å². The molecule has 3 aromatic heterocycles. The van der Waals surface area contributed by atoms with Gasteiger partial charge in [0.15, 0.2) is 0 Å². The summed E-state index contributed by atoms with van der Waals surface area (Å²) < 4.78 is 6.11. The van der Waals surface area contributed by atoms with Crippen molar-refractivity contribution in [3.8, 4) is 5.75 Å². The highest BCUT2D eigenvalue weighted by atomic mass is 32.1. The summed E-state index contributed by atoms with van der Waals surface area (Å²) in [6.45, 7) is 5.85. The predicted molar refractivity (Wildman–Crippen MR) is 139 cm³/mol. The van der Waals surface area contributed by atoms with Crippen molar-refractivity contribution in [2.75, 3.05) is 18.4 Å². The molecule has 4 heterocycles. The number of ether oxygens (including phenoxy) is 1. The number of piperidine rings is 1. The lowest BCUT2D eigenvalue weighted by Crippen LogP contribution is -2.41. The number of rotatable bonds is 5. The van der Waals surface area contributed by atoms with E-state index >= 15 is 0 Å². The number of fused-ring (bicyclic) bond motifs is 4. The van der Waals surface area contributed by atoms with Gasteiger partial charge in [-0.25, -0.2) is 9.97 Å². The van der Waals surface area contributed by atoms with E-state index in [-0.39, 0.29) is 12.0 Å². The number of nitrogens with one attached hydrogen (secondary N) is 2. The highest BCUT2D eigenvalue weighted by Gasteiger charge is 2.32. The predicted octanol–water partition coefficient (Wildman–Crippen LogP) is 5.22. The number of carbonyl (C=O) groups is 1. The zero-order valence-electron chi connectivity index (χ0n) is 20.1. The van der Waals surface area contributed by atoms with Crippen molar-refractivity contribution in [3.63, 3.8) is 0 Å². The van der Waals surface area contributed by atoms with Gasteiger partial charge in [0.1, 0.15) is 22.7 Å². The van der Waals surface area contributed by atoms with Gasteiger partial charge in [0.25, 0.3) is 0 Å². The Bertz CT molecular complexity index is 1390. The number of thiophene rings is 1. The maximum Gasteiger partial charge on any atom is 0.226 e. The lowest BCUT2D eigenvalue weighted by atomic mass is 9.86. The molecule has 2 N–H and O–H groups in total. The van der Waals surface area contributed by atoms with Crippen molar-refractivity contribution >= 4 is 49.9 Å². The van der Waals surface area contributed by atoms with Gasteiger partial charge in [-0.1, -0.05) is 0 Å². The molecule has 8 nitrogen and oxygen atoms in total. The van der Waals surface area contributed by atoms with E-state index in [1.807, 2.05) is 26.0 Å². The Morgan fingerprint density at radius 1 is 1.23 bits per heavy atom. The van der Waals surface area contributed by atoms with E-state index in [9.17, 15) is 4.79 Å². The van der Waals surface area contributed by atoms with E-state index in [0.29, 0.717) is 5.91 Å². The average molecular weight is 491 g/mol. The molecular weight excluding hydrogens is 460 g/mol. The number of aromatic nitrogens is 4. The van der Waals surface area contributed by atoms with E-state index in [1.165, 1.54) is 16.9 Å². The first-order valence-electron chi connectivity index (χ1n) is 12.5. The standard InChI is InChI=1S/C26H30N6O2S/c1-15(2)34-21-12-19-17(13-29-31-19)10-20(21)30-24-23-18-7-6-16(26(33)32-8-4-3-5-9-32)11-22(18)35-25(23)28-14-27-24/h10,12-16H,3-9,11H2,1-2H3,(H,29,31)(H,27,28,30)/t16-/m0/s1. The molecule has 35 heavy (non-hydrogen) atoms. The van der Waals surface area contributed by atoms with Crippen molar-refractivity contribution in [3.05, 3.63) is 35.1 Å². The molecule has 4 aromatic rings. The fourth-order valence-corrected chi connectivity index (χ4v) is 6.60. The van der Waals surface area contributed by atoms with Gasteiger partial charge in [0.05, 0.1) is 28.9 Å². The summed E-state index contributed by atoms with van der Waals surface area (Å²) in [7, 11) is 0. The first-order valence-corrected chi connectivity index (χ1v) is 13.3. The Labute approximate surface area is 208 Å².